The van der Waals surface area contributed by atoms with Crippen molar-refractivity contribution in [2.24, 2.45) is 5.73 Å². The van der Waals surface area contributed by atoms with Gasteiger partial charge in [-0.05, 0) is 24.1 Å². The lowest BCUT2D eigenvalue weighted by Crippen LogP contribution is -2.54. The molecule has 0 saturated carbocycles. The van der Waals surface area contributed by atoms with Crippen molar-refractivity contribution in [2.75, 3.05) is 39.9 Å². The second-order valence-corrected chi connectivity index (χ2v) is 6.81. The lowest BCUT2D eigenvalue weighted by atomic mass is 10.0. The lowest BCUT2D eigenvalue weighted by Gasteiger charge is -2.40. The Hall–Kier alpha value is -0.370. The van der Waals surface area contributed by atoms with Crippen LogP contribution in [0.2, 0.25) is 0 Å². The van der Waals surface area contributed by atoms with E-state index in [-0.39, 0.29) is 37.3 Å². The Morgan fingerprint density at radius 2 is 1.76 bits per heavy atom. The Morgan fingerprint density at radius 1 is 1.20 bits per heavy atom. The average molecular weight is 457 g/mol. The van der Waals surface area contributed by atoms with E-state index >= 15 is 0 Å². The molecule has 1 saturated heterocycles. The first-order chi connectivity index (χ1) is 11.1. The molecule has 2 atom stereocenters. The van der Waals surface area contributed by atoms with Gasteiger partial charge in [0, 0.05) is 43.8 Å². The number of ether oxygens (including phenoxy) is 1. The SMILES string of the molecule is CCC(c1ccc(Br)cc1)N1CCN(C(=O)C(N)COC)CC1.Cl.Cl. The van der Waals surface area contributed by atoms with Crippen molar-refractivity contribution in [1.29, 1.82) is 0 Å². The number of nitrogens with zero attached hydrogens (tertiary/aromatic N) is 2. The molecule has 144 valence electrons. The number of halogens is 3. The van der Waals surface area contributed by atoms with Crippen molar-refractivity contribution in [3.8, 4) is 0 Å². The molecule has 2 rings (SSSR count). The minimum absolute atomic E-state index is 0. The third-order valence-electron chi connectivity index (χ3n) is 4.37. The van der Waals surface area contributed by atoms with Gasteiger partial charge in [-0.25, -0.2) is 0 Å². The van der Waals surface area contributed by atoms with Gasteiger partial charge in [0.1, 0.15) is 6.04 Å². The Labute approximate surface area is 171 Å². The summed E-state index contributed by atoms with van der Waals surface area (Å²) in [6.45, 7) is 5.68. The fourth-order valence-electron chi connectivity index (χ4n) is 3.13. The molecule has 5 nitrogen and oxygen atoms in total. The number of hydrogen-bond donors (Lipinski definition) is 1. The van der Waals surface area contributed by atoms with Crippen LogP contribution in [0.1, 0.15) is 24.9 Å². The number of amides is 1. The van der Waals surface area contributed by atoms with Crippen LogP contribution >= 0.6 is 40.7 Å². The Balaban J connectivity index is 0.00000288. The summed E-state index contributed by atoms with van der Waals surface area (Å²) in [5.74, 6) is -0.0109. The molecule has 8 heteroatoms. The molecule has 25 heavy (non-hydrogen) atoms. The van der Waals surface area contributed by atoms with Crippen LogP contribution in [-0.4, -0.2) is 61.6 Å². The quantitative estimate of drug-likeness (QED) is 0.714. The molecule has 1 fully saturated rings. The molecule has 1 aromatic carbocycles. The van der Waals surface area contributed by atoms with E-state index in [1.807, 2.05) is 4.90 Å². The van der Waals surface area contributed by atoms with Gasteiger partial charge >= 0.3 is 0 Å². The van der Waals surface area contributed by atoms with Gasteiger partial charge in [-0.2, -0.15) is 0 Å². The highest BCUT2D eigenvalue weighted by molar-refractivity contribution is 9.10. The van der Waals surface area contributed by atoms with E-state index in [1.165, 1.54) is 5.56 Å². The van der Waals surface area contributed by atoms with Crippen LogP contribution < -0.4 is 5.73 Å². The maximum Gasteiger partial charge on any atom is 0.241 e. The smallest absolute Gasteiger partial charge is 0.241 e. The van der Waals surface area contributed by atoms with Crippen LogP contribution in [0, 0.1) is 0 Å². The lowest BCUT2D eigenvalue weighted by molar-refractivity contribution is -0.135. The zero-order valence-corrected chi connectivity index (χ0v) is 17.9. The monoisotopic (exact) mass is 455 g/mol. The maximum absolute atomic E-state index is 12.2. The second kappa shape index (κ2) is 12.1. The van der Waals surface area contributed by atoms with Crippen molar-refractivity contribution in [3.05, 3.63) is 34.3 Å². The number of methoxy groups -OCH3 is 1. The van der Waals surface area contributed by atoms with Gasteiger partial charge < -0.3 is 15.4 Å². The van der Waals surface area contributed by atoms with E-state index in [0.717, 1.165) is 37.1 Å². The first-order valence-corrected chi connectivity index (χ1v) is 8.89. The van der Waals surface area contributed by atoms with Gasteiger partial charge in [0.2, 0.25) is 5.91 Å². The summed E-state index contributed by atoms with van der Waals surface area (Å²) >= 11 is 3.48. The highest BCUT2D eigenvalue weighted by atomic mass is 79.9. The molecule has 1 aliphatic rings. The predicted octanol–water partition coefficient (Wildman–Crippen LogP) is 2.86. The maximum atomic E-state index is 12.2. The van der Waals surface area contributed by atoms with E-state index in [0.29, 0.717) is 6.04 Å². The van der Waals surface area contributed by atoms with Gasteiger partial charge in [0.05, 0.1) is 6.61 Å². The van der Waals surface area contributed by atoms with Crippen molar-refractivity contribution in [1.82, 2.24) is 9.80 Å². The minimum atomic E-state index is -0.556. The fourth-order valence-corrected chi connectivity index (χ4v) is 3.39. The molecule has 2 N–H and O–H groups in total. The van der Waals surface area contributed by atoms with Crippen LogP contribution in [0.5, 0.6) is 0 Å². The summed E-state index contributed by atoms with van der Waals surface area (Å²) in [6, 6.07) is 8.35. The van der Waals surface area contributed by atoms with Crippen LogP contribution in [0.3, 0.4) is 0 Å². The highest BCUT2D eigenvalue weighted by Gasteiger charge is 2.28. The van der Waals surface area contributed by atoms with Crippen LogP contribution in [0.15, 0.2) is 28.7 Å². The molecule has 0 radical (unpaired) electrons. The molecule has 0 aromatic heterocycles. The summed E-state index contributed by atoms with van der Waals surface area (Å²) in [5, 5.41) is 0. The molecule has 0 bridgehead atoms. The van der Waals surface area contributed by atoms with E-state index in [4.69, 9.17) is 10.5 Å². The molecule has 2 unspecified atom stereocenters. The summed E-state index contributed by atoms with van der Waals surface area (Å²) in [6.07, 6.45) is 1.05. The Kier molecular flexibility index (Phi) is 11.9. The molecule has 0 aliphatic carbocycles. The summed E-state index contributed by atoms with van der Waals surface area (Å²) in [4.78, 5) is 16.5. The van der Waals surface area contributed by atoms with Crippen molar-refractivity contribution >= 4 is 46.7 Å². The first kappa shape index (κ1) is 24.6. The van der Waals surface area contributed by atoms with Gasteiger partial charge in [-0.1, -0.05) is 35.0 Å². The van der Waals surface area contributed by atoms with E-state index in [1.54, 1.807) is 7.11 Å². The van der Waals surface area contributed by atoms with E-state index in [9.17, 15) is 4.79 Å². The second-order valence-electron chi connectivity index (χ2n) is 5.90. The van der Waals surface area contributed by atoms with E-state index in [2.05, 4.69) is 52.0 Å². The summed E-state index contributed by atoms with van der Waals surface area (Å²) < 4.78 is 6.07. The third-order valence-corrected chi connectivity index (χ3v) is 4.90. The number of carbonyl (C=O) groups is 1. The van der Waals surface area contributed by atoms with Crippen molar-refractivity contribution in [2.45, 2.75) is 25.4 Å². The minimum Gasteiger partial charge on any atom is -0.383 e. The summed E-state index contributed by atoms with van der Waals surface area (Å²) in [7, 11) is 1.56. The first-order valence-electron chi connectivity index (χ1n) is 8.09. The Morgan fingerprint density at radius 3 is 2.24 bits per heavy atom. The molecular formula is C17H28BrCl2N3O2. The number of nitrogens with two attached hydrogens (primary N) is 1. The molecule has 1 heterocycles. The largest absolute Gasteiger partial charge is 0.383 e. The predicted molar refractivity (Wildman–Crippen MR) is 110 cm³/mol. The zero-order chi connectivity index (χ0) is 16.8. The van der Waals surface area contributed by atoms with E-state index < -0.39 is 6.04 Å². The Bertz CT molecular complexity index is 511. The standard InChI is InChI=1S/C17H26BrN3O2.2ClH/c1-3-16(13-4-6-14(18)7-5-13)20-8-10-21(11-9-20)17(22)15(19)12-23-2;;/h4-7,15-16H,3,8-12,19H2,1-2H3;2*1H. The van der Waals surface area contributed by atoms with Crippen LogP contribution in [-0.2, 0) is 9.53 Å². The van der Waals surface area contributed by atoms with Gasteiger partial charge in [-0.15, -0.1) is 24.8 Å². The molecule has 0 spiro atoms. The highest BCUT2D eigenvalue weighted by Crippen LogP contribution is 2.26. The number of hydrogen-bond acceptors (Lipinski definition) is 4. The fraction of sp³-hybridized carbons (Fsp3) is 0.588. The molecule has 1 aromatic rings. The number of piperazine rings is 1. The number of rotatable bonds is 6. The third kappa shape index (κ3) is 6.70. The van der Waals surface area contributed by atoms with Crippen molar-refractivity contribution in [3.63, 3.8) is 0 Å². The number of carbonyl (C=O) groups excluding carboxylic acids is 1. The zero-order valence-electron chi connectivity index (χ0n) is 14.7. The van der Waals surface area contributed by atoms with Crippen molar-refractivity contribution < 1.29 is 9.53 Å². The normalized spacial score (nSPS) is 17.2. The van der Waals surface area contributed by atoms with Gasteiger partial charge in [-0.3, -0.25) is 9.69 Å². The summed E-state index contributed by atoms with van der Waals surface area (Å²) in [5.41, 5.74) is 7.18. The van der Waals surface area contributed by atoms with Gasteiger partial charge in [0.15, 0.2) is 0 Å². The van der Waals surface area contributed by atoms with Crippen LogP contribution in [0.4, 0.5) is 0 Å². The molecule has 1 aliphatic heterocycles. The van der Waals surface area contributed by atoms with Crippen LogP contribution in [0.25, 0.3) is 0 Å². The average Bonchev–Trinajstić information content (AvgIpc) is 2.57. The molecular weight excluding hydrogens is 429 g/mol. The van der Waals surface area contributed by atoms with Gasteiger partial charge in [0.25, 0.3) is 0 Å². The number of benzene rings is 1. The molecule has 1 amide bonds. The topological polar surface area (TPSA) is 58.8 Å².